The van der Waals surface area contributed by atoms with Crippen molar-refractivity contribution < 1.29 is 0 Å². The summed E-state index contributed by atoms with van der Waals surface area (Å²) in [5.41, 5.74) is 0. The second kappa shape index (κ2) is 3.67. The van der Waals surface area contributed by atoms with Gasteiger partial charge in [0.2, 0.25) is 0 Å². The highest BCUT2D eigenvalue weighted by atomic mass is 14.7. The molecule has 2 fully saturated rings. The third-order valence-corrected chi connectivity index (χ3v) is 4.88. The molecule has 0 aromatic heterocycles. The Bertz CT molecular complexity index is 201. The second-order valence-corrected chi connectivity index (χ2v) is 5.49. The van der Waals surface area contributed by atoms with Gasteiger partial charge in [0, 0.05) is 6.54 Å². The zero-order valence-corrected chi connectivity index (χ0v) is 8.99. The molecule has 2 unspecified atom stereocenters. The Morgan fingerprint density at radius 1 is 0.857 bits per heavy atom. The SMILES string of the molecule is C1=NCC(C2CCC2)C(C2CCC2)C1. The van der Waals surface area contributed by atoms with Crippen molar-refractivity contribution in [1.82, 2.24) is 0 Å². The van der Waals surface area contributed by atoms with Gasteiger partial charge < -0.3 is 0 Å². The Kier molecular flexibility index (Phi) is 2.35. The van der Waals surface area contributed by atoms with Crippen molar-refractivity contribution in [2.24, 2.45) is 28.7 Å². The maximum atomic E-state index is 4.53. The van der Waals surface area contributed by atoms with Crippen LogP contribution in [0.3, 0.4) is 0 Å². The van der Waals surface area contributed by atoms with Crippen molar-refractivity contribution in [1.29, 1.82) is 0 Å². The molecule has 78 valence electrons. The van der Waals surface area contributed by atoms with Crippen LogP contribution in [-0.2, 0) is 0 Å². The van der Waals surface area contributed by atoms with Crippen molar-refractivity contribution in [2.75, 3.05) is 6.54 Å². The van der Waals surface area contributed by atoms with Gasteiger partial charge in [-0.15, -0.1) is 0 Å². The zero-order valence-electron chi connectivity index (χ0n) is 8.99. The number of aliphatic imine (C=N–C) groups is 1. The minimum Gasteiger partial charge on any atom is -0.297 e. The maximum Gasteiger partial charge on any atom is 0.0419 e. The van der Waals surface area contributed by atoms with E-state index in [1.165, 1.54) is 44.9 Å². The molecule has 1 aliphatic heterocycles. The zero-order chi connectivity index (χ0) is 9.38. The minimum absolute atomic E-state index is 0.971. The Hall–Kier alpha value is -0.330. The van der Waals surface area contributed by atoms with Crippen LogP contribution >= 0.6 is 0 Å². The van der Waals surface area contributed by atoms with E-state index in [9.17, 15) is 0 Å². The first kappa shape index (κ1) is 8.94. The molecular weight excluding hydrogens is 170 g/mol. The van der Waals surface area contributed by atoms with Gasteiger partial charge in [-0.1, -0.05) is 38.5 Å². The normalized spacial score (nSPS) is 39.1. The van der Waals surface area contributed by atoms with Crippen LogP contribution < -0.4 is 0 Å². The predicted molar refractivity (Wildman–Crippen MR) is 59.6 cm³/mol. The van der Waals surface area contributed by atoms with Crippen molar-refractivity contribution >= 4 is 6.21 Å². The lowest BCUT2D eigenvalue weighted by Crippen LogP contribution is -2.39. The molecular formula is C13H21N. The van der Waals surface area contributed by atoms with E-state index in [0.29, 0.717) is 0 Å². The fraction of sp³-hybridized carbons (Fsp3) is 0.923. The predicted octanol–water partition coefficient (Wildman–Crippen LogP) is 3.29. The van der Waals surface area contributed by atoms with Gasteiger partial charge in [-0.3, -0.25) is 4.99 Å². The molecule has 0 bridgehead atoms. The van der Waals surface area contributed by atoms with Gasteiger partial charge in [-0.2, -0.15) is 0 Å². The molecule has 0 aromatic carbocycles. The van der Waals surface area contributed by atoms with Crippen LogP contribution in [0.1, 0.15) is 44.9 Å². The van der Waals surface area contributed by atoms with E-state index in [0.717, 1.165) is 30.2 Å². The summed E-state index contributed by atoms with van der Waals surface area (Å²) in [5.74, 6) is 4.12. The summed E-state index contributed by atoms with van der Waals surface area (Å²) >= 11 is 0. The van der Waals surface area contributed by atoms with Crippen LogP contribution in [0, 0.1) is 23.7 Å². The summed E-state index contributed by atoms with van der Waals surface area (Å²) in [6.45, 7) is 1.16. The van der Waals surface area contributed by atoms with Crippen molar-refractivity contribution in [3.63, 3.8) is 0 Å². The number of hydrogen-bond acceptors (Lipinski definition) is 1. The Morgan fingerprint density at radius 2 is 1.50 bits per heavy atom. The largest absolute Gasteiger partial charge is 0.297 e. The quantitative estimate of drug-likeness (QED) is 0.635. The van der Waals surface area contributed by atoms with Crippen LogP contribution in [0.15, 0.2) is 4.99 Å². The lowest BCUT2D eigenvalue weighted by molar-refractivity contribution is 0.0748. The number of hydrogen-bond donors (Lipinski definition) is 0. The Labute approximate surface area is 87.0 Å². The molecule has 2 saturated carbocycles. The van der Waals surface area contributed by atoms with Gasteiger partial charge in [0.25, 0.3) is 0 Å². The first-order valence-electron chi connectivity index (χ1n) is 6.43. The summed E-state index contributed by atoms with van der Waals surface area (Å²) in [4.78, 5) is 4.53. The lowest BCUT2D eigenvalue weighted by atomic mass is 9.61. The summed E-state index contributed by atoms with van der Waals surface area (Å²) in [6.07, 6.45) is 12.5. The van der Waals surface area contributed by atoms with E-state index in [-0.39, 0.29) is 0 Å². The van der Waals surface area contributed by atoms with Crippen LogP contribution in [0.2, 0.25) is 0 Å². The van der Waals surface area contributed by atoms with Crippen LogP contribution in [0.4, 0.5) is 0 Å². The van der Waals surface area contributed by atoms with Crippen LogP contribution in [-0.4, -0.2) is 12.8 Å². The van der Waals surface area contributed by atoms with Crippen LogP contribution in [0.25, 0.3) is 0 Å². The molecule has 3 rings (SSSR count). The molecule has 1 heteroatoms. The maximum absolute atomic E-state index is 4.53. The summed E-state index contributed by atoms with van der Waals surface area (Å²) in [5, 5.41) is 0. The molecule has 1 heterocycles. The average Bonchev–Trinajstić information content (AvgIpc) is 2.01. The molecule has 0 saturated heterocycles. The molecule has 0 N–H and O–H groups in total. The van der Waals surface area contributed by atoms with Gasteiger partial charge in [0.1, 0.15) is 0 Å². The third kappa shape index (κ3) is 1.41. The highest BCUT2D eigenvalue weighted by Crippen LogP contribution is 2.46. The lowest BCUT2D eigenvalue weighted by Gasteiger charge is -2.45. The van der Waals surface area contributed by atoms with Crippen LogP contribution in [0.5, 0.6) is 0 Å². The molecule has 1 nitrogen and oxygen atoms in total. The van der Waals surface area contributed by atoms with E-state index in [1.54, 1.807) is 0 Å². The fourth-order valence-corrected chi connectivity index (χ4v) is 3.48. The van der Waals surface area contributed by atoms with E-state index >= 15 is 0 Å². The van der Waals surface area contributed by atoms with Crippen molar-refractivity contribution in [3.05, 3.63) is 0 Å². The second-order valence-electron chi connectivity index (χ2n) is 5.49. The molecule has 0 spiro atoms. The molecule has 2 atom stereocenters. The first-order valence-corrected chi connectivity index (χ1v) is 6.43. The van der Waals surface area contributed by atoms with Gasteiger partial charge >= 0.3 is 0 Å². The molecule has 0 amide bonds. The molecule has 3 aliphatic rings. The van der Waals surface area contributed by atoms with Crippen molar-refractivity contribution in [2.45, 2.75) is 44.9 Å². The van der Waals surface area contributed by atoms with E-state index in [4.69, 9.17) is 0 Å². The monoisotopic (exact) mass is 191 g/mol. The third-order valence-electron chi connectivity index (χ3n) is 4.88. The molecule has 0 aromatic rings. The van der Waals surface area contributed by atoms with E-state index in [2.05, 4.69) is 11.2 Å². The molecule has 14 heavy (non-hydrogen) atoms. The van der Waals surface area contributed by atoms with Gasteiger partial charge in [-0.05, 0) is 36.3 Å². The van der Waals surface area contributed by atoms with Gasteiger partial charge in [-0.25, -0.2) is 0 Å². The Morgan fingerprint density at radius 3 is 2.07 bits per heavy atom. The smallest absolute Gasteiger partial charge is 0.0419 e. The standard InChI is InChI=1S/C13H21N/c1-3-10(4-1)12-7-8-14-9-13(12)11-5-2-6-11/h8,10-13H,1-7,9H2. The van der Waals surface area contributed by atoms with E-state index < -0.39 is 0 Å². The highest BCUT2D eigenvalue weighted by molar-refractivity contribution is 5.58. The number of nitrogens with zero attached hydrogens (tertiary/aromatic N) is 1. The Balaban J connectivity index is 1.68. The minimum atomic E-state index is 0.971. The number of rotatable bonds is 2. The van der Waals surface area contributed by atoms with Gasteiger partial charge in [0.05, 0.1) is 0 Å². The van der Waals surface area contributed by atoms with Crippen molar-refractivity contribution in [3.8, 4) is 0 Å². The average molecular weight is 191 g/mol. The molecule has 2 aliphatic carbocycles. The fourth-order valence-electron chi connectivity index (χ4n) is 3.48. The van der Waals surface area contributed by atoms with E-state index in [1.807, 2.05) is 0 Å². The summed E-state index contributed by atoms with van der Waals surface area (Å²) in [6, 6.07) is 0. The summed E-state index contributed by atoms with van der Waals surface area (Å²) < 4.78 is 0. The highest BCUT2D eigenvalue weighted by Gasteiger charge is 2.39. The first-order chi connectivity index (χ1) is 6.95. The topological polar surface area (TPSA) is 12.4 Å². The molecule has 0 radical (unpaired) electrons. The summed E-state index contributed by atoms with van der Waals surface area (Å²) in [7, 11) is 0. The van der Waals surface area contributed by atoms with Gasteiger partial charge in [0.15, 0.2) is 0 Å².